The highest BCUT2D eigenvalue weighted by Gasteiger charge is 2.33. The van der Waals surface area contributed by atoms with Crippen molar-refractivity contribution in [1.29, 1.82) is 0 Å². The quantitative estimate of drug-likeness (QED) is 0.826. The van der Waals surface area contributed by atoms with Crippen LogP contribution in [0.3, 0.4) is 0 Å². The average molecular weight is 332 g/mol. The summed E-state index contributed by atoms with van der Waals surface area (Å²) in [6.45, 7) is 1.94. The SMILES string of the molecule is COC(=O)CCc1c(-c2cccs2)c(C(N)=O)c(C)n1C1CC1. The third kappa shape index (κ3) is 2.91. The van der Waals surface area contributed by atoms with E-state index in [0.29, 0.717) is 24.4 Å². The predicted octanol–water partition coefficient (Wildman–Crippen LogP) is 3.06. The number of esters is 1. The van der Waals surface area contributed by atoms with Crippen LogP contribution in [-0.4, -0.2) is 23.6 Å². The van der Waals surface area contributed by atoms with Crippen LogP contribution >= 0.6 is 11.3 Å². The van der Waals surface area contributed by atoms with Gasteiger partial charge in [-0.1, -0.05) is 6.07 Å². The predicted molar refractivity (Wildman–Crippen MR) is 89.6 cm³/mol. The number of rotatable bonds is 6. The molecule has 1 aliphatic rings. The largest absolute Gasteiger partial charge is 0.469 e. The van der Waals surface area contributed by atoms with Crippen molar-refractivity contribution in [3.63, 3.8) is 0 Å². The number of nitrogens with zero attached hydrogens (tertiary/aromatic N) is 1. The van der Waals surface area contributed by atoms with Crippen molar-refractivity contribution in [3.8, 4) is 10.4 Å². The van der Waals surface area contributed by atoms with Crippen LogP contribution in [0.5, 0.6) is 0 Å². The van der Waals surface area contributed by atoms with Crippen molar-refractivity contribution < 1.29 is 14.3 Å². The molecule has 0 atom stereocenters. The van der Waals surface area contributed by atoms with E-state index in [0.717, 1.165) is 34.7 Å². The minimum atomic E-state index is -0.412. The van der Waals surface area contributed by atoms with Gasteiger partial charge >= 0.3 is 5.97 Å². The van der Waals surface area contributed by atoms with Crippen LogP contribution in [-0.2, 0) is 16.0 Å². The van der Waals surface area contributed by atoms with Gasteiger partial charge in [0, 0.05) is 27.9 Å². The Kier molecular flexibility index (Phi) is 4.26. The van der Waals surface area contributed by atoms with Gasteiger partial charge in [-0.2, -0.15) is 0 Å². The molecule has 6 heteroatoms. The molecule has 0 spiro atoms. The van der Waals surface area contributed by atoms with Crippen molar-refractivity contribution in [2.24, 2.45) is 5.73 Å². The zero-order valence-electron chi connectivity index (χ0n) is 13.3. The molecule has 0 aliphatic heterocycles. The van der Waals surface area contributed by atoms with Crippen molar-refractivity contribution in [2.75, 3.05) is 7.11 Å². The van der Waals surface area contributed by atoms with Gasteiger partial charge < -0.3 is 15.0 Å². The molecule has 1 aliphatic carbocycles. The van der Waals surface area contributed by atoms with Crippen LogP contribution in [0, 0.1) is 6.92 Å². The number of aromatic nitrogens is 1. The maximum atomic E-state index is 12.1. The second-order valence-corrected chi connectivity index (χ2v) is 6.75. The van der Waals surface area contributed by atoms with Gasteiger partial charge in [-0.15, -0.1) is 11.3 Å². The lowest BCUT2D eigenvalue weighted by Crippen LogP contribution is -2.13. The van der Waals surface area contributed by atoms with E-state index in [1.165, 1.54) is 7.11 Å². The molecule has 23 heavy (non-hydrogen) atoms. The van der Waals surface area contributed by atoms with E-state index in [1.807, 2.05) is 24.4 Å². The first kappa shape index (κ1) is 15.8. The minimum absolute atomic E-state index is 0.246. The Morgan fingerprint density at radius 1 is 1.43 bits per heavy atom. The van der Waals surface area contributed by atoms with E-state index >= 15 is 0 Å². The normalized spacial score (nSPS) is 14.0. The summed E-state index contributed by atoms with van der Waals surface area (Å²) in [5, 5.41) is 1.98. The molecule has 0 unspecified atom stereocenters. The van der Waals surface area contributed by atoms with E-state index in [-0.39, 0.29) is 5.97 Å². The molecule has 5 nitrogen and oxygen atoms in total. The molecule has 122 valence electrons. The third-order valence-corrected chi connectivity index (χ3v) is 5.16. The van der Waals surface area contributed by atoms with E-state index in [4.69, 9.17) is 10.5 Å². The summed E-state index contributed by atoms with van der Waals surface area (Å²) < 4.78 is 6.97. The zero-order chi connectivity index (χ0) is 16.6. The number of primary amides is 1. The van der Waals surface area contributed by atoms with E-state index in [9.17, 15) is 9.59 Å². The first-order valence-electron chi connectivity index (χ1n) is 7.68. The summed E-state index contributed by atoms with van der Waals surface area (Å²) >= 11 is 1.58. The highest BCUT2D eigenvalue weighted by atomic mass is 32.1. The molecular weight excluding hydrogens is 312 g/mol. The number of ether oxygens (including phenoxy) is 1. The molecule has 2 aromatic rings. The number of nitrogens with two attached hydrogens (primary N) is 1. The van der Waals surface area contributed by atoms with Crippen molar-refractivity contribution in [2.45, 2.75) is 38.6 Å². The molecule has 1 saturated carbocycles. The molecule has 2 aromatic heterocycles. The van der Waals surface area contributed by atoms with Crippen molar-refractivity contribution in [1.82, 2.24) is 4.57 Å². The Labute approximate surface area is 139 Å². The molecule has 1 fully saturated rings. The number of methoxy groups -OCH3 is 1. The smallest absolute Gasteiger partial charge is 0.305 e. The van der Waals surface area contributed by atoms with Crippen LogP contribution in [0.4, 0.5) is 0 Å². The Morgan fingerprint density at radius 3 is 2.70 bits per heavy atom. The number of hydrogen-bond acceptors (Lipinski definition) is 4. The van der Waals surface area contributed by atoms with Crippen LogP contribution in [0.1, 0.15) is 47.1 Å². The fourth-order valence-electron chi connectivity index (χ4n) is 3.15. The Hall–Kier alpha value is -2.08. The van der Waals surface area contributed by atoms with E-state index in [2.05, 4.69) is 4.57 Å². The summed E-state index contributed by atoms with van der Waals surface area (Å²) in [6.07, 6.45) is 3.04. The second kappa shape index (κ2) is 6.20. The first-order chi connectivity index (χ1) is 11.0. The van der Waals surface area contributed by atoms with Gasteiger partial charge in [0.1, 0.15) is 0 Å². The van der Waals surface area contributed by atoms with Gasteiger partial charge in [-0.25, -0.2) is 0 Å². The molecule has 0 radical (unpaired) electrons. The first-order valence-corrected chi connectivity index (χ1v) is 8.56. The number of carbonyl (C=O) groups is 2. The van der Waals surface area contributed by atoms with E-state index < -0.39 is 5.91 Å². The van der Waals surface area contributed by atoms with Gasteiger partial charge in [-0.3, -0.25) is 9.59 Å². The van der Waals surface area contributed by atoms with Gasteiger partial charge in [0.25, 0.3) is 5.91 Å². The standard InChI is InChI=1S/C17H20N2O3S/c1-10-15(17(18)21)16(13-4-3-9-23-13)12(7-8-14(20)22-2)19(10)11-5-6-11/h3-4,9,11H,5-8H2,1-2H3,(H2,18,21). The lowest BCUT2D eigenvalue weighted by molar-refractivity contribution is -0.140. The monoisotopic (exact) mass is 332 g/mol. The second-order valence-electron chi connectivity index (χ2n) is 5.80. The Bertz CT molecular complexity index is 742. The fourth-order valence-corrected chi connectivity index (χ4v) is 3.95. The molecule has 2 N–H and O–H groups in total. The Morgan fingerprint density at radius 2 is 2.17 bits per heavy atom. The van der Waals surface area contributed by atoms with E-state index in [1.54, 1.807) is 11.3 Å². The highest BCUT2D eigenvalue weighted by molar-refractivity contribution is 7.13. The third-order valence-electron chi connectivity index (χ3n) is 4.27. The van der Waals surface area contributed by atoms with Crippen molar-refractivity contribution >= 4 is 23.2 Å². The van der Waals surface area contributed by atoms with Gasteiger partial charge in [0.2, 0.25) is 0 Å². The molecule has 1 amide bonds. The molecule has 0 aromatic carbocycles. The number of amides is 1. The van der Waals surface area contributed by atoms with Crippen LogP contribution < -0.4 is 5.73 Å². The summed E-state index contributed by atoms with van der Waals surface area (Å²) in [7, 11) is 1.39. The molecule has 3 rings (SSSR count). The van der Waals surface area contributed by atoms with Crippen LogP contribution in [0.15, 0.2) is 17.5 Å². The minimum Gasteiger partial charge on any atom is -0.469 e. The number of thiophene rings is 1. The lowest BCUT2D eigenvalue weighted by atomic mass is 10.0. The summed E-state index contributed by atoms with van der Waals surface area (Å²) in [4.78, 5) is 24.7. The van der Waals surface area contributed by atoms with Gasteiger partial charge in [-0.05, 0) is 37.6 Å². The van der Waals surface area contributed by atoms with Crippen LogP contribution in [0.2, 0.25) is 0 Å². The number of hydrogen-bond donors (Lipinski definition) is 1. The summed E-state index contributed by atoms with van der Waals surface area (Å²) in [5.41, 5.74) is 9.07. The van der Waals surface area contributed by atoms with Crippen molar-refractivity contribution in [3.05, 3.63) is 34.5 Å². The topological polar surface area (TPSA) is 74.3 Å². The molecular formula is C17H20N2O3S. The van der Waals surface area contributed by atoms with Crippen LogP contribution in [0.25, 0.3) is 10.4 Å². The molecule has 0 saturated heterocycles. The number of carbonyl (C=O) groups excluding carboxylic acids is 2. The summed E-state index contributed by atoms with van der Waals surface area (Å²) in [5.74, 6) is -0.659. The van der Waals surface area contributed by atoms with Gasteiger partial charge in [0.15, 0.2) is 0 Å². The average Bonchev–Trinajstić information content (AvgIpc) is 3.11. The van der Waals surface area contributed by atoms with Gasteiger partial charge in [0.05, 0.1) is 19.1 Å². The molecule has 2 heterocycles. The molecule has 0 bridgehead atoms. The maximum Gasteiger partial charge on any atom is 0.305 e. The maximum absolute atomic E-state index is 12.1. The fraction of sp³-hybridized carbons (Fsp3) is 0.412. The highest BCUT2D eigenvalue weighted by Crippen LogP contribution is 2.44. The Balaban J connectivity index is 2.15. The zero-order valence-corrected chi connectivity index (χ0v) is 14.1. The lowest BCUT2D eigenvalue weighted by Gasteiger charge is -2.11. The summed E-state index contributed by atoms with van der Waals surface area (Å²) in [6, 6.07) is 4.36.